The van der Waals surface area contributed by atoms with Crippen molar-refractivity contribution < 1.29 is 9.59 Å². The largest absolute Gasteiger partial charge is 0.347 e. The van der Waals surface area contributed by atoms with Gasteiger partial charge in [-0.05, 0) is 6.92 Å². The fraction of sp³-hybridized carbons (Fsp3) is 0.500. The van der Waals surface area contributed by atoms with Crippen LogP contribution in [0.5, 0.6) is 0 Å². The van der Waals surface area contributed by atoms with E-state index in [0.717, 1.165) is 28.8 Å². The van der Waals surface area contributed by atoms with Gasteiger partial charge in [0.1, 0.15) is 0 Å². The van der Waals surface area contributed by atoms with E-state index >= 15 is 0 Å². The second kappa shape index (κ2) is 4.93. The van der Waals surface area contributed by atoms with E-state index in [9.17, 15) is 9.59 Å². The number of carbonyl (C=O) groups excluding carboxylic acids is 2. The third-order valence-electron chi connectivity index (χ3n) is 3.39. The van der Waals surface area contributed by atoms with Gasteiger partial charge in [0.25, 0.3) is 0 Å². The van der Waals surface area contributed by atoms with Crippen LogP contribution in [0.1, 0.15) is 18.3 Å². The maximum atomic E-state index is 11.9. The van der Waals surface area contributed by atoms with Crippen molar-refractivity contribution in [3.8, 4) is 0 Å². The molecule has 0 aromatic carbocycles. The third kappa shape index (κ3) is 2.09. The summed E-state index contributed by atoms with van der Waals surface area (Å²) in [7, 11) is 0. The Morgan fingerprint density at radius 1 is 1.40 bits per heavy atom. The molecule has 2 aliphatic heterocycles. The van der Waals surface area contributed by atoms with Gasteiger partial charge < -0.3 is 4.57 Å². The number of amides is 3. The lowest BCUT2D eigenvalue weighted by molar-refractivity contribution is -0.125. The summed E-state index contributed by atoms with van der Waals surface area (Å²) < 4.78 is 2.10. The molecule has 7 nitrogen and oxygen atoms in total. The number of aromatic nitrogens is 2. The molecule has 3 rings (SSSR count). The van der Waals surface area contributed by atoms with Gasteiger partial charge in [0.15, 0.2) is 5.16 Å². The van der Waals surface area contributed by atoms with Crippen molar-refractivity contribution in [3.05, 3.63) is 11.4 Å². The van der Waals surface area contributed by atoms with Gasteiger partial charge in [-0.2, -0.15) is 5.10 Å². The van der Waals surface area contributed by atoms with Crippen molar-refractivity contribution in [2.75, 3.05) is 18.8 Å². The zero-order valence-corrected chi connectivity index (χ0v) is 12.2. The fourth-order valence-electron chi connectivity index (χ4n) is 2.33. The molecule has 1 aromatic rings. The molecule has 0 bridgehead atoms. The van der Waals surface area contributed by atoms with Gasteiger partial charge in [-0.3, -0.25) is 9.69 Å². The first kappa shape index (κ1) is 13.2. The van der Waals surface area contributed by atoms with Crippen LogP contribution in [-0.2, 0) is 11.3 Å². The minimum atomic E-state index is -0.359. The zero-order chi connectivity index (χ0) is 14.3. The highest BCUT2D eigenvalue weighted by atomic mass is 32.2. The van der Waals surface area contributed by atoms with Crippen LogP contribution in [0.4, 0.5) is 4.79 Å². The molecule has 106 valence electrons. The maximum absolute atomic E-state index is 11.9. The van der Waals surface area contributed by atoms with E-state index in [1.165, 1.54) is 16.8 Å². The van der Waals surface area contributed by atoms with E-state index in [-0.39, 0.29) is 11.9 Å². The van der Waals surface area contributed by atoms with Crippen LogP contribution in [0.25, 0.3) is 0 Å². The molecule has 8 heteroatoms. The lowest BCUT2D eigenvalue weighted by atomic mass is 10.3. The summed E-state index contributed by atoms with van der Waals surface area (Å²) in [5, 5.41) is 6.54. The number of nitrogens with zero attached hydrogens (tertiary/aromatic N) is 5. The van der Waals surface area contributed by atoms with Crippen molar-refractivity contribution in [2.24, 2.45) is 5.10 Å². The van der Waals surface area contributed by atoms with Gasteiger partial charge in [0.2, 0.25) is 5.91 Å². The molecule has 0 atom stereocenters. The number of imidazole rings is 1. The minimum Gasteiger partial charge on any atom is -0.317 e. The third-order valence-corrected chi connectivity index (χ3v) is 4.35. The van der Waals surface area contributed by atoms with Gasteiger partial charge in [-0.25, -0.2) is 14.8 Å². The molecule has 0 unspecified atom stereocenters. The van der Waals surface area contributed by atoms with Crippen LogP contribution in [0.3, 0.4) is 0 Å². The summed E-state index contributed by atoms with van der Waals surface area (Å²) in [6.45, 7) is 5.06. The minimum absolute atomic E-state index is 0.245. The molecular weight excluding hydrogens is 278 g/mol. The van der Waals surface area contributed by atoms with E-state index in [2.05, 4.69) is 14.7 Å². The Labute approximate surface area is 120 Å². The Kier molecular flexibility index (Phi) is 3.25. The molecule has 1 fully saturated rings. The molecular formula is C12H15N5O2S. The van der Waals surface area contributed by atoms with Gasteiger partial charge in [0.05, 0.1) is 30.7 Å². The lowest BCUT2D eigenvalue weighted by Gasteiger charge is -2.11. The SMILES string of the molecule is CC(=O)N1CCN(/N=C/c2c(C)nc3n2CCS3)C1=O. The number of carbonyl (C=O) groups is 2. The quantitative estimate of drug-likeness (QED) is 0.760. The normalized spacial score (nSPS) is 18.4. The van der Waals surface area contributed by atoms with Crippen LogP contribution >= 0.6 is 11.8 Å². The highest BCUT2D eigenvalue weighted by molar-refractivity contribution is 7.99. The van der Waals surface area contributed by atoms with Crippen molar-refractivity contribution in [2.45, 2.75) is 25.5 Å². The summed E-state index contributed by atoms with van der Waals surface area (Å²) in [5.74, 6) is 0.773. The van der Waals surface area contributed by atoms with E-state index < -0.39 is 0 Å². The Balaban J connectivity index is 1.79. The van der Waals surface area contributed by atoms with E-state index in [4.69, 9.17) is 0 Å². The van der Waals surface area contributed by atoms with E-state index in [1.807, 2.05) is 6.92 Å². The topological polar surface area (TPSA) is 70.8 Å². The number of fused-ring (bicyclic) bond motifs is 1. The summed E-state index contributed by atoms with van der Waals surface area (Å²) in [4.78, 5) is 28.8. The number of urea groups is 1. The standard InChI is InChI=1S/C12H15N5O2S/c1-8-10(16-5-6-20-11(16)14-8)7-13-17-4-3-15(9(2)18)12(17)19/h7H,3-6H2,1-2H3/b13-7+. The Morgan fingerprint density at radius 2 is 2.20 bits per heavy atom. The second-order valence-electron chi connectivity index (χ2n) is 4.69. The first-order valence-electron chi connectivity index (χ1n) is 6.41. The molecule has 0 saturated carbocycles. The van der Waals surface area contributed by atoms with Gasteiger partial charge in [-0.1, -0.05) is 11.8 Å². The first-order valence-corrected chi connectivity index (χ1v) is 7.40. The van der Waals surface area contributed by atoms with Crippen LogP contribution < -0.4 is 0 Å². The Hall–Kier alpha value is -1.83. The monoisotopic (exact) mass is 293 g/mol. The number of hydrazone groups is 1. The molecule has 3 heterocycles. The number of hydrogen-bond donors (Lipinski definition) is 0. The number of rotatable bonds is 2. The molecule has 1 saturated heterocycles. The first-order chi connectivity index (χ1) is 9.58. The molecule has 1 aromatic heterocycles. The van der Waals surface area contributed by atoms with Crippen LogP contribution in [0.15, 0.2) is 10.3 Å². The van der Waals surface area contributed by atoms with Crippen molar-refractivity contribution >= 4 is 29.9 Å². The van der Waals surface area contributed by atoms with Gasteiger partial charge in [-0.15, -0.1) is 0 Å². The molecule has 0 aliphatic carbocycles. The molecule has 20 heavy (non-hydrogen) atoms. The predicted molar refractivity (Wildman–Crippen MR) is 74.8 cm³/mol. The summed E-state index contributed by atoms with van der Waals surface area (Å²) in [6, 6.07) is -0.359. The average molecular weight is 293 g/mol. The van der Waals surface area contributed by atoms with Crippen molar-refractivity contribution in [1.29, 1.82) is 0 Å². The maximum Gasteiger partial charge on any atom is 0.347 e. The highest BCUT2D eigenvalue weighted by Gasteiger charge is 2.31. The Bertz CT molecular complexity index is 609. The zero-order valence-electron chi connectivity index (χ0n) is 11.4. The summed E-state index contributed by atoms with van der Waals surface area (Å²) in [5.41, 5.74) is 1.84. The molecule has 0 N–H and O–H groups in total. The highest BCUT2D eigenvalue weighted by Crippen LogP contribution is 2.27. The second-order valence-corrected chi connectivity index (χ2v) is 5.75. The molecule has 3 amide bonds. The van der Waals surface area contributed by atoms with Crippen LogP contribution in [0, 0.1) is 6.92 Å². The van der Waals surface area contributed by atoms with Crippen molar-refractivity contribution in [3.63, 3.8) is 0 Å². The average Bonchev–Trinajstić information content (AvgIpc) is 3.03. The van der Waals surface area contributed by atoms with Gasteiger partial charge in [0, 0.05) is 19.2 Å². The Morgan fingerprint density at radius 3 is 2.90 bits per heavy atom. The smallest absolute Gasteiger partial charge is 0.317 e. The number of aryl methyl sites for hydroxylation is 1. The fourth-order valence-corrected chi connectivity index (χ4v) is 3.33. The van der Waals surface area contributed by atoms with Crippen molar-refractivity contribution in [1.82, 2.24) is 19.5 Å². The predicted octanol–water partition coefficient (Wildman–Crippen LogP) is 0.915. The van der Waals surface area contributed by atoms with E-state index in [1.54, 1.807) is 18.0 Å². The van der Waals surface area contributed by atoms with Gasteiger partial charge >= 0.3 is 6.03 Å². The van der Waals surface area contributed by atoms with Crippen LogP contribution in [-0.4, -0.2) is 56.5 Å². The van der Waals surface area contributed by atoms with E-state index in [0.29, 0.717) is 13.1 Å². The molecule has 2 aliphatic rings. The molecule has 0 spiro atoms. The summed E-state index contributed by atoms with van der Waals surface area (Å²) in [6.07, 6.45) is 1.67. The number of hydrogen-bond acceptors (Lipinski definition) is 5. The van der Waals surface area contributed by atoms with Crippen LogP contribution in [0.2, 0.25) is 0 Å². The number of thioether (sulfide) groups is 1. The molecule has 0 radical (unpaired) electrons. The lowest BCUT2D eigenvalue weighted by Crippen LogP contribution is -2.32. The summed E-state index contributed by atoms with van der Waals surface area (Å²) >= 11 is 1.72. The number of imide groups is 1.